The Morgan fingerprint density at radius 2 is 1.79 bits per heavy atom. The number of aromatic nitrogens is 6. The third-order valence-electron chi connectivity index (χ3n) is 13.2. The highest BCUT2D eigenvalue weighted by Gasteiger charge is 2.33. The molecule has 3 saturated heterocycles. The highest BCUT2D eigenvalue weighted by molar-refractivity contribution is 7.90. The Morgan fingerprint density at radius 1 is 1.01 bits per heavy atom. The second-order valence-electron chi connectivity index (χ2n) is 17.3. The lowest BCUT2D eigenvalue weighted by molar-refractivity contribution is -0.135. The van der Waals surface area contributed by atoms with Crippen LogP contribution in [0.5, 0.6) is 11.5 Å². The average molecular weight is 933 g/mol. The lowest BCUT2D eigenvalue weighted by atomic mass is 9.88. The molecule has 3 amide bonds. The van der Waals surface area contributed by atoms with E-state index in [-0.39, 0.29) is 52.7 Å². The van der Waals surface area contributed by atoms with Gasteiger partial charge in [-0.2, -0.15) is 28.2 Å². The molecule has 2 N–H and O–H groups in total. The van der Waals surface area contributed by atoms with Crippen molar-refractivity contribution in [3.05, 3.63) is 100 Å². The molecule has 3 aliphatic heterocycles. The predicted octanol–water partition coefficient (Wildman–Crippen LogP) is 4.44. The molecule has 6 aromatic rings. The second kappa shape index (κ2) is 18.3. The van der Waals surface area contributed by atoms with E-state index in [2.05, 4.69) is 42.3 Å². The lowest BCUT2D eigenvalue weighted by Gasteiger charge is -2.36. The Morgan fingerprint density at radius 3 is 2.52 bits per heavy atom. The Hall–Kier alpha value is -7.02. The van der Waals surface area contributed by atoms with Gasteiger partial charge in [0, 0.05) is 51.7 Å². The molecule has 3 aromatic carbocycles. The summed E-state index contributed by atoms with van der Waals surface area (Å²) in [5.74, 6) is -1.97. The number of nitrogens with one attached hydrogen (secondary N) is 2. The minimum absolute atomic E-state index is 0.00127. The van der Waals surface area contributed by atoms with Gasteiger partial charge in [0.15, 0.2) is 11.6 Å². The Labute approximate surface area is 384 Å². The molecule has 0 bridgehead atoms. The van der Waals surface area contributed by atoms with Crippen molar-refractivity contribution >= 4 is 55.4 Å². The van der Waals surface area contributed by atoms with Crippen LogP contribution in [-0.2, 0) is 31.6 Å². The van der Waals surface area contributed by atoms with Crippen molar-refractivity contribution in [3.63, 3.8) is 0 Å². The van der Waals surface area contributed by atoms with Crippen LogP contribution in [0.3, 0.4) is 0 Å². The quantitative estimate of drug-likeness (QED) is 0.163. The Bertz CT molecular complexity index is 3150. The predicted molar refractivity (Wildman–Crippen MR) is 244 cm³/mol. The molecule has 6 heterocycles. The normalized spacial score (nSPS) is 17.9. The van der Waals surface area contributed by atoms with Crippen LogP contribution in [0.1, 0.15) is 80.1 Å². The molecule has 1 unspecified atom stereocenters. The summed E-state index contributed by atoms with van der Waals surface area (Å²) in [4.78, 5) is 60.2. The molecule has 3 aromatic heterocycles. The van der Waals surface area contributed by atoms with Gasteiger partial charge in [0.1, 0.15) is 23.7 Å². The van der Waals surface area contributed by atoms with Crippen molar-refractivity contribution in [2.45, 2.75) is 63.3 Å². The van der Waals surface area contributed by atoms with Crippen molar-refractivity contribution < 1.29 is 31.9 Å². The third-order valence-corrected chi connectivity index (χ3v) is 14.8. The molecule has 348 valence electrons. The molecule has 1 atom stereocenters. The molecular formula is C46H49FN12O7S. The van der Waals surface area contributed by atoms with Crippen LogP contribution in [0.25, 0.3) is 27.5 Å². The monoisotopic (exact) mass is 932 g/mol. The van der Waals surface area contributed by atoms with E-state index in [1.807, 2.05) is 33.4 Å². The first-order chi connectivity index (χ1) is 32.2. The molecule has 0 spiro atoms. The number of nitriles is 1. The maximum Gasteiger partial charge on any atom is 0.301 e. The molecule has 67 heavy (non-hydrogen) atoms. The smallest absolute Gasteiger partial charge is 0.301 e. The van der Waals surface area contributed by atoms with Gasteiger partial charge >= 0.3 is 10.2 Å². The van der Waals surface area contributed by atoms with Crippen molar-refractivity contribution in [2.24, 2.45) is 7.05 Å². The van der Waals surface area contributed by atoms with E-state index in [0.29, 0.717) is 68.1 Å². The van der Waals surface area contributed by atoms with Crippen molar-refractivity contribution in [1.29, 1.82) is 5.26 Å². The van der Waals surface area contributed by atoms with E-state index in [1.165, 1.54) is 41.7 Å². The van der Waals surface area contributed by atoms with Crippen molar-refractivity contribution in [1.82, 2.24) is 48.5 Å². The number of aryl methyl sites for hydroxylation is 1. The zero-order valence-electron chi connectivity index (χ0n) is 37.2. The topological polar surface area (TPSA) is 223 Å². The highest BCUT2D eigenvalue weighted by Crippen LogP contribution is 2.36. The molecule has 3 aliphatic rings. The van der Waals surface area contributed by atoms with Gasteiger partial charge < -0.3 is 9.64 Å². The summed E-state index contributed by atoms with van der Waals surface area (Å²) >= 11 is 0. The maximum absolute atomic E-state index is 15.1. The van der Waals surface area contributed by atoms with Gasteiger partial charge in [-0.1, -0.05) is 19.1 Å². The number of halogens is 1. The number of ether oxygens (including phenoxy) is 1. The zero-order valence-corrected chi connectivity index (χ0v) is 38.0. The number of hydrogen-bond acceptors (Lipinski definition) is 12. The van der Waals surface area contributed by atoms with Crippen LogP contribution in [-0.4, -0.2) is 116 Å². The van der Waals surface area contributed by atoms with Crippen molar-refractivity contribution in [3.8, 4) is 23.3 Å². The second-order valence-corrected chi connectivity index (χ2v) is 19.0. The maximum atomic E-state index is 15.1. The summed E-state index contributed by atoms with van der Waals surface area (Å²) in [6.07, 6.45) is 8.66. The van der Waals surface area contributed by atoms with Crippen LogP contribution in [0.15, 0.2) is 72.0 Å². The number of piperidine rings is 3. The molecule has 0 radical (unpaired) electrons. The number of carbonyl (C=O) groups is 3. The van der Waals surface area contributed by atoms with E-state index in [0.717, 1.165) is 53.3 Å². The number of nitrogens with zero attached hydrogens (tertiary/aromatic N) is 10. The number of likely N-dealkylation sites (tertiary alicyclic amines) is 2. The number of anilines is 1. The first-order valence-electron chi connectivity index (χ1n) is 22.2. The number of imide groups is 1. The summed E-state index contributed by atoms with van der Waals surface area (Å²) in [6.45, 7) is 4.87. The zero-order chi connectivity index (χ0) is 47.1. The van der Waals surface area contributed by atoms with Gasteiger partial charge in [0.25, 0.3) is 5.56 Å². The van der Waals surface area contributed by atoms with Crippen LogP contribution in [0.4, 0.5) is 10.1 Å². The van der Waals surface area contributed by atoms with Crippen LogP contribution in [0.2, 0.25) is 0 Å². The Kier molecular flexibility index (Phi) is 12.4. The molecular weight excluding hydrogens is 884 g/mol. The minimum Gasteiger partial charge on any atom is -0.453 e. The van der Waals surface area contributed by atoms with Gasteiger partial charge in [-0.3, -0.25) is 48.0 Å². The van der Waals surface area contributed by atoms with Crippen LogP contribution in [0, 0.1) is 17.1 Å². The summed E-state index contributed by atoms with van der Waals surface area (Å²) in [5, 5.41) is 22.7. The van der Waals surface area contributed by atoms with E-state index >= 15 is 4.39 Å². The van der Waals surface area contributed by atoms with Gasteiger partial charge in [-0.25, -0.2) is 9.37 Å². The van der Waals surface area contributed by atoms with E-state index in [4.69, 9.17) is 4.74 Å². The molecule has 19 nitrogen and oxygen atoms in total. The number of hydrogen-bond donors (Lipinski definition) is 2. The largest absolute Gasteiger partial charge is 0.453 e. The van der Waals surface area contributed by atoms with Gasteiger partial charge in [-0.05, 0) is 93.1 Å². The van der Waals surface area contributed by atoms with Crippen LogP contribution >= 0.6 is 0 Å². The van der Waals surface area contributed by atoms with Crippen LogP contribution < -0.4 is 20.3 Å². The third kappa shape index (κ3) is 8.99. The van der Waals surface area contributed by atoms with Gasteiger partial charge in [0.2, 0.25) is 17.7 Å². The number of benzene rings is 3. The molecule has 9 rings (SSSR count). The number of rotatable bonds is 12. The SMILES string of the molecule is CCN(C)S(=O)(=O)Nc1ccc(F)c(Oc2ccc3ncn(-c4cnn(C5CCN(C(=O)CN6CCC(c7ccc8c(C9CCC(=O)NC9=O)nn(C)c8c7)CC6)CC5)c4)c(=O)c3c2)c1C#N. The standard InChI is InChI=1S/C46H49FN12O7S/c1-4-54(2)67(64,65)53-39-11-9-37(47)44(36(39)23-48)66-32-6-10-38-35(22-32)46(63)58(27-49-38)31-24-50-59(25-31)30-15-19-57(20-16-30)42(61)26-56-17-13-28(14-18-56)29-5-7-33-40(21-29)55(3)52-43(33)34-8-12-41(60)51-45(34)62/h5-7,9-11,21-22,24-25,27-28,30,34,53H,4,8,12-20,26H2,1-3H3,(H,51,60,62). The fraction of sp³-hybridized carbons (Fsp3) is 0.391. The summed E-state index contributed by atoms with van der Waals surface area (Å²) in [6, 6.07) is 14.6. The summed E-state index contributed by atoms with van der Waals surface area (Å²) < 4.78 is 54.6. The summed E-state index contributed by atoms with van der Waals surface area (Å²) in [7, 11) is -0.801. The first-order valence-corrected chi connectivity index (χ1v) is 23.7. The fourth-order valence-electron chi connectivity index (χ4n) is 9.22. The molecule has 0 saturated carbocycles. The number of carbonyl (C=O) groups excluding carboxylic acids is 3. The fourth-order valence-corrected chi connectivity index (χ4v) is 10.2. The van der Waals surface area contributed by atoms with E-state index in [9.17, 15) is 32.9 Å². The summed E-state index contributed by atoms with van der Waals surface area (Å²) in [5.41, 5.74) is 2.69. The van der Waals surface area contributed by atoms with Gasteiger partial charge in [-0.15, -0.1) is 0 Å². The lowest BCUT2D eigenvalue weighted by Crippen LogP contribution is -2.46. The highest BCUT2D eigenvalue weighted by atomic mass is 32.2. The van der Waals surface area contributed by atoms with Gasteiger partial charge in [0.05, 0.1) is 58.2 Å². The molecule has 21 heteroatoms. The molecule has 3 fully saturated rings. The molecule has 0 aliphatic carbocycles. The number of amides is 3. The van der Waals surface area contributed by atoms with E-state index < -0.39 is 33.3 Å². The van der Waals surface area contributed by atoms with E-state index in [1.54, 1.807) is 19.3 Å². The first kappa shape index (κ1) is 45.1. The average Bonchev–Trinajstić information content (AvgIpc) is 3.95. The number of fused-ring (bicyclic) bond motifs is 2. The van der Waals surface area contributed by atoms with Crippen molar-refractivity contribution in [2.75, 3.05) is 51.0 Å². The minimum atomic E-state index is -4.03. The Balaban J connectivity index is 0.799.